The van der Waals surface area contributed by atoms with Crippen LogP contribution < -0.4 is 15.4 Å². The summed E-state index contributed by atoms with van der Waals surface area (Å²) in [5.41, 5.74) is 1.73. The lowest BCUT2D eigenvalue weighted by Gasteiger charge is -2.22. The molecule has 1 aliphatic rings. The third-order valence-corrected chi connectivity index (χ3v) is 6.12. The highest BCUT2D eigenvalue weighted by Gasteiger charge is 2.46. The lowest BCUT2D eigenvalue weighted by molar-refractivity contribution is 0.0494. The second-order valence-electron chi connectivity index (χ2n) is 10.4. The number of hydrogen-bond acceptors (Lipinski definition) is 4. The van der Waals surface area contributed by atoms with Crippen LogP contribution in [0.3, 0.4) is 0 Å². The minimum atomic E-state index is -0.561. The van der Waals surface area contributed by atoms with Crippen molar-refractivity contribution < 1.29 is 19.1 Å². The summed E-state index contributed by atoms with van der Waals surface area (Å²) in [6, 6.07) is 19.8. The Labute approximate surface area is 207 Å². The Morgan fingerprint density at radius 1 is 1.03 bits per heavy atom. The van der Waals surface area contributed by atoms with E-state index in [-0.39, 0.29) is 24.1 Å². The van der Waals surface area contributed by atoms with Gasteiger partial charge in [-0.25, -0.2) is 4.79 Å². The van der Waals surface area contributed by atoms with E-state index >= 15 is 0 Å². The molecule has 4 rings (SSSR count). The lowest BCUT2D eigenvalue weighted by Crippen LogP contribution is -2.40. The van der Waals surface area contributed by atoms with E-state index in [1.165, 1.54) is 10.8 Å². The summed E-state index contributed by atoms with van der Waals surface area (Å²) in [6.45, 7) is 9.47. The van der Waals surface area contributed by atoms with E-state index in [2.05, 4.69) is 41.0 Å². The van der Waals surface area contributed by atoms with E-state index in [9.17, 15) is 9.59 Å². The van der Waals surface area contributed by atoms with Crippen LogP contribution in [0, 0.1) is 6.92 Å². The predicted molar refractivity (Wildman–Crippen MR) is 138 cm³/mol. The maximum Gasteiger partial charge on any atom is 0.407 e. The monoisotopic (exact) mass is 474 g/mol. The zero-order chi connectivity index (χ0) is 25.2. The van der Waals surface area contributed by atoms with Crippen LogP contribution in [-0.4, -0.2) is 30.3 Å². The van der Waals surface area contributed by atoms with Crippen LogP contribution in [0.1, 0.15) is 62.0 Å². The van der Waals surface area contributed by atoms with Crippen LogP contribution in [-0.2, 0) is 10.3 Å². The molecule has 0 aliphatic heterocycles. The molecule has 184 valence electrons. The lowest BCUT2D eigenvalue weighted by atomic mass is 9.96. The number of carbonyl (C=O) groups excluding carboxylic acids is 2. The highest BCUT2D eigenvalue weighted by Crippen LogP contribution is 2.48. The van der Waals surface area contributed by atoms with Crippen molar-refractivity contribution in [1.29, 1.82) is 0 Å². The third-order valence-electron chi connectivity index (χ3n) is 6.12. The predicted octanol–water partition coefficient (Wildman–Crippen LogP) is 5.86. The first-order chi connectivity index (χ1) is 16.6. The van der Waals surface area contributed by atoms with Crippen LogP contribution in [0.4, 0.5) is 4.79 Å². The van der Waals surface area contributed by atoms with Gasteiger partial charge in [-0.05, 0) is 81.5 Å². The highest BCUT2D eigenvalue weighted by atomic mass is 16.6. The maximum absolute atomic E-state index is 13.4. The van der Waals surface area contributed by atoms with Gasteiger partial charge in [0, 0.05) is 5.56 Å². The molecular weight excluding hydrogens is 440 g/mol. The largest absolute Gasteiger partial charge is 0.491 e. The maximum atomic E-state index is 13.4. The topological polar surface area (TPSA) is 76.7 Å². The molecule has 0 radical (unpaired) electrons. The number of carbonyl (C=O) groups is 2. The molecule has 35 heavy (non-hydrogen) atoms. The number of hydrogen-bond donors (Lipinski definition) is 2. The molecule has 1 saturated carbocycles. The number of rotatable bonds is 7. The fraction of sp³-hybridized carbons (Fsp3) is 0.379. The summed E-state index contributed by atoms with van der Waals surface area (Å²) < 4.78 is 11.2. The van der Waals surface area contributed by atoms with Gasteiger partial charge in [0.1, 0.15) is 18.0 Å². The van der Waals surface area contributed by atoms with Gasteiger partial charge in [0.05, 0.1) is 11.6 Å². The standard InChI is InChI=1S/C29H34N2O4/c1-19-13-14-22(34-18-20(2)30-27(33)35-28(3,4)5)17-24(19)26(32)31-29(15-16-29)25-12-8-10-21-9-6-7-11-23(21)25/h6-14,17,20H,15-16,18H2,1-5H3,(H,30,33)(H,31,32). The number of benzene rings is 3. The minimum absolute atomic E-state index is 0.113. The Morgan fingerprint density at radius 2 is 1.74 bits per heavy atom. The average Bonchev–Trinajstić information content (AvgIpc) is 3.57. The van der Waals surface area contributed by atoms with Crippen LogP contribution in [0.2, 0.25) is 0 Å². The summed E-state index contributed by atoms with van der Waals surface area (Å²) in [4.78, 5) is 25.3. The van der Waals surface area contributed by atoms with E-state index < -0.39 is 11.7 Å². The SMILES string of the molecule is Cc1ccc(OCC(C)NC(=O)OC(C)(C)C)cc1C(=O)NC1(c2cccc3ccccc23)CC1. The summed E-state index contributed by atoms with van der Waals surface area (Å²) in [7, 11) is 0. The molecule has 6 heteroatoms. The molecule has 3 aromatic carbocycles. The van der Waals surface area contributed by atoms with Gasteiger partial charge in [0.2, 0.25) is 0 Å². The Morgan fingerprint density at radius 3 is 2.46 bits per heavy atom. The van der Waals surface area contributed by atoms with Crippen molar-refractivity contribution in [3.63, 3.8) is 0 Å². The second-order valence-corrected chi connectivity index (χ2v) is 10.4. The van der Waals surface area contributed by atoms with Crippen molar-refractivity contribution in [3.05, 3.63) is 77.4 Å². The second kappa shape index (κ2) is 9.61. The normalized spacial score (nSPS) is 15.2. The van der Waals surface area contributed by atoms with Crippen LogP contribution in [0.5, 0.6) is 5.75 Å². The summed E-state index contributed by atoms with van der Waals surface area (Å²) >= 11 is 0. The number of amides is 2. The summed E-state index contributed by atoms with van der Waals surface area (Å²) in [5.74, 6) is 0.465. The first-order valence-electron chi connectivity index (χ1n) is 12.1. The summed E-state index contributed by atoms with van der Waals surface area (Å²) in [6.07, 6.45) is 1.34. The smallest absolute Gasteiger partial charge is 0.407 e. The molecule has 2 amide bonds. The van der Waals surface area contributed by atoms with Gasteiger partial charge in [-0.15, -0.1) is 0 Å². The average molecular weight is 475 g/mol. The van der Waals surface area contributed by atoms with E-state index in [4.69, 9.17) is 9.47 Å². The van der Waals surface area contributed by atoms with Crippen LogP contribution >= 0.6 is 0 Å². The molecule has 0 aromatic heterocycles. The van der Waals surface area contributed by atoms with E-state index in [1.54, 1.807) is 6.07 Å². The van der Waals surface area contributed by atoms with Crippen molar-refractivity contribution >= 4 is 22.8 Å². The molecule has 2 N–H and O–H groups in total. The minimum Gasteiger partial charge on any atom is -0.491 e. The Bertz CT molecular complexity index is 1240. The molecule has 1 unspecified atom stereocenters. The van der Waals surface area contributed by atoms with Crippen molar-refractivity contribution in [2.24, 2.45) is 0 Å². The van der Waals surface area contributed by atoms with Crippen molar-refractivity contribution in [1.82, 2.24) is 10.6 Å². The molecule has 1 fully saturated rings. The molecule has 1 atom stereocenters. The fourth-order valence-electron chi connectivity index (χ4n) is 4.22. The number of aryl methyl sites for hydroxylation is 1. The van der Waals surface area contributed by atoms with E-state index in [0.29, 0.717) is 11.3 Å². The van der Waals surface area contributed by atoms with Gasteiger partial charge >= 0.3 is 6.09 Å². The van der Waals surface area contributed by atoms with E-state index in [0.717, 1.165) is 24.0 Å². The van der Waals surface area contributed by atoms with Gasteiger partial charge in [0.25, 0.3) is 5.91 Å². The van der Waals surface area contributed by atoms with Gasteiger partial charge in [-0.1, -0.05) is 48.5 Å². The Hall–Kier alpha value is -3.54. The zero-order valence-corrected chi connectivity index (χ0v) is 21.1. The Balaban J connectivity index is 1.43. The van der Waals surface area contributed by atoms with Crippen LogP contribution in [0.25, 0.3) is 10.8 Å². The summed E-state index contributed by atoms with van der Waals surface area (Å²) in [5, 5.41) is 8.41. The number of ether oxygens (including phenoxy) is 2. The fourth-order valence-corrected chi connectivity index (χ4v) is 4.22. The molecular formula is C29H34N2O4. The molecule has 0 bridgehead atoms. The number of fused-ring (bicyclic) bond motifs is 1. The van der Waals surface area contributed by atoms with Crippen molar-refractivity contribution in [2.75, 3.05) is 6.61 Å². The zero-order valence-electron chi connectivity index (χ0n) is 21.1. The molecule has 6 nitrogen and oxygen atoms in total. The first kappa shape index (κ1) is 24.6. The number of alkyl carbamates (subject to hydrolysis) is 1. The quantitative estimate of drug-likeness (QED) is 0.450. The molecule has 3 aromatic rings. The Kier molecular flexibility index (Phi) is 6.75. The van der Waals surface area contributed by atoms with Crippen molar-refractivity contribution in [2.45, 2.75) is 64.6 Å². The van der Waals surface area contributed by atoms with Gasteiger partial charge in [-0.3, -0.25) is 4.79 Å². The first-order valence-corrected chi connectivity index (χ1v) is 12.1. The van der Waals surface area contributed by atoms with Gasteiger partial charge in [-0.2, -0.15) is 0 Å². The van der Waals surface area contributed by atoms with Gasteiger partial charge in [0.15, 0.2) is 0 Å². The van der Waals surface area contributed by atoms with Crippen molar-refractivity contribution in [3.8, 4) is 5.75 Å². The molecule has 1 aliphatic carbocycles. The third kappa shape index (κ3) is 5.94. The van der Waals surface area contributed by atoms with Crippen LogP contribution in [0.15, 0.2) is 60.7 Å². The molecule has 0 heterocycles. The van der Waals surface area contributed by atoms with Gasteiger partial charge < -0.3 is 20.1 Å². The molecule has 0 spiro atoms. The highest BCUT2D eigenvalue weighted by molar-refractivity contribution is 5.97. The molecule has 0 saturated heterocycles. The number of nitrogens with one attached hydrogen (secondary N) is 2. The van der Waals surface area contributed by atoms with E-state index in [1.807, 2.05) is 58.9 Å².